The maximum Gasteiger partial charge on any atom is 0.264 e. The van der Waals surface area contributed by atoms with Gasteiger partial charge in [0.25, 0.3) is 9.05 Å². The predicted molar refractivity (Wildman–Crippen MR) is 67.8 cm³/mol. The minimum atomic E-state index is -3.83. The zero-order valence-electron chi connectivity index (χ0n) is 10.3. The highest BCUT2D eigenvalue weighted by atomic mass is 35.7. The van der Waals surface area contributed by atoms with Crippen molar-refractivity contribution in [3.05, 3.63) is 11.4 Å². The zero-order chi connectivity index (χ0) is 13.9. The molecule has 0 unspecified atom stereocenters. The number of primary amides is 1. The summed E-state index contributed by atoms with van der Waals surface area (Å²) < 4.78 is 24.6. The second-order valence-electron chi connectivity index (χ2n) is 3.81. The highest BCUT2D eigenvalue weighted by Gasteiger charge is 2.25. The van der Waals surface area contributed by atoms with Crippen LogP contribution in [0.4, 0.5) is 0 Å². The van der Waals surface area contributed by atoms with Gasteiger partial charge in [0.1, 0.15) is 4.90 Å². The molecule has 2 N–H and O–H groups in total. The number of amides is 1. The number of rotatable bonds is 6. The summed E-state index contributed by atoms with van der Waals surface area (Å²) in [6.45, 7) is 3.87. The molecule has 0 radical (unpaired) electrons. The van der Waals surface area contributed by atoms with E-state index >= 15 is 0 Å². The van der Waals surface area contributed by atoms with Crippen LogP contribution in [0.3, 0.4) is 0 Å². The molecule has 0 aliphatic carbocycles. The summed E-state index contributed by atoms with van der Waals surface area (Å²) in [5, 5.41) is 4.18. The van der Waals surface area contributed by atoms with Crippen LogP contribution >= 0.6 is 10.7 Å². The molecule has 0 bridgehead atoms. The largest absolute Gasteiger partial charge is 0.370 e. The molecule has 1 rings (SSSR count). The van der Waals surface area contributed by atoms with Gasteiger partial charge in [-0.1, -0.05) is 13.8 Å². The first-order chi connectivity index (χ1) is 8.31. The number of aromatic nitrogens is 2. The van der Waals surface area contributed by atoms with Crippen LogP contribution in [-0.2, 0) is 33.2 Å². The van der Waals surface area contributed by atoms with E-state index in [1.54, 1.807) is 6.92 Å². The topological polar surface area (TPSA) is 95.1 Å². The molecule has 1 heterocycles. The van der Waals surface area contributed by atoms with Gasteiger partial charge in [0.15, 0.2) is 0 Å². The van der Waals surface area contributed by atoms with Gasteiger partial charge < -0.3 is 5.73 Å². The zero-order valence-corrected chi connectivity index (χ0v) is 11.9. The summed E-state index contributed by atoms with van der Waals surface area (Å²) in [6.07, 6.45) is 1.03. The fourth-order valence-electron chi connectivity index (χ4n) is 1.79. The average molecular weight is 294 g/mol. The predicted octanol–water partition coefficient (Wildman–Crippen LogP) is 0.811. The molecular formula is C10H16ClN3O3S. The maximum absolute atomic E-state index is 11.6. The van der Waals surface area contributed by atoms with Crippen molar-refractivity contribution in [2.75, 3.05) is 0 Å². The lowest BCUT2D eigenvalue weighted by atomic mass is 10.2. The van der Waals surface area contributed by atoms with Crippen LogP contribution in [0.2, 0.25) is 0 Å². The van der Waals surface area contributed by atoms with Crippen LogP contribution in [0.1, 0.15) is 31.7 Å². The van der Waals surface area contributed by atoms with E-state index in [0.717, 1.165) is 0 Å². The van der Waals surface area contributed by atoms with Gasteiger partial charge in [0, 0.05) is 17.1 Å². The Morgan fingerprint density at radius 2 is 2.00 bits per heavy atom. The van der Waals surface area contributed by atoms with Gasteiger partial charge in [-0.2, -0.15) is 5.10 Å². The second kappa shape index (κ2) is 5.71. The Morgan fingerprint density at radius 1 is 1.39 bits per heavy atom. The molecule has 18 heavy (non-hydrogen) atoms. The van der Waals surface area contributed by atoms with E-state index in [4.69, 9.17) is 16.4 Å². The van der Waals surface area contributed by atoms with Crippen LogP contribution in [0, 0.1) is 0 Å². The Labute approximate surface area is 111 Å². The van der Waals surface area contributed by atoms with Crippen LogP contribution in [0.25, 0.3) is 0 Å². The maximum atomic E-state index is 11.6. The molecule has 0 saturated carbocycles. The van der Waals surface area contributed by atoms with Gasteiger partial charge in [0.2, 0.25) is 5.91 Å². The van der Waals surface area contributed by atoms with Crippen molar-refractivity contribution in [2.24, 2.45) is 5.73 Å². The van der Waals surface area contributed by atoms with E-state index < -0.39 is 15.0 Å². The van der Waals surface area contributed by atoms with Gasteiger partial charge in [-0.05, 0) is 12.8 Å². The fraction of sp³-hybridized carbons (Fsp3) is 0.600. The third kappa shape index (κ3) is 3.23. The highest BCUT2D eigenvalue weighted by Crippen LogP contribution is 2.25. The Hall–Kier alpha value is -1.08. The van der Waals surface area contributed by atoms with Gasteiger partial charge in [-0.3, -0.25) is 9.48 Å². The fourth-order valence-corrected chi connectivity index (χ4v) is 3.32. The van der Waals surface area contributed by atoms with Gasteiger partial charge in [-0.25, -0.2) is 8.42 Å². The van der Waals surface area contributed by atoms with E-state index in [1.165, 1.54) is 4.68 Å². The third-order valence-corrected chi connectivity index (χ3v) is 3.98. The minimum Gasteiger partial charge on any atom is -0.370 e. The number of aryl methyl sites for hydroxylation is 2. The molecule has 102 valence electrons. The number of hydrogen-bond donors (Lipinski definition) is 1. The highest BCUT2D eigenvalue weighted by molar-refractivity contribution is 8.13. The standard InChI is InChI=1S/C10H16ClN3O3S/c1-3-7-10(18(11,16)17)8(4-2)14(13-7)6-5-9(12)15/h3-6H2,1-2H3,(H2,12,15). The number of carbonyl (C=O) groups is 1. The molecule has 8 heteroatoms. The van der Waals surface area contributed by atoms with Crippen LogP contribution in [0.5, 0.6) is 0 Å². The molecule has 0 fully saturated rings. The normalized spacial score (nSPS) is 11.7. The minimum absolute atomic E-state index is 0.0682. The molecule has 0 aromatic carbocycles. The molecular weight excluding hydrogens is 278 g/mol. The van der Waals surface area contributed by atoms with E-state index in [2.05, 4.69) is 5.10 Å². The van der Waals surface area contributed by atoms with E-state index in [9.17, 15) is 13.2 Å². The first kappa shape index (κ1) is 15.0. The first-order valence-electron chi connectivity index (χ1n) is 5.62. The average Bonchev–Trinajstić information content (AvgIpc) is 2.63. The summed E-state index contributed by atoms with van der Waals surface area (Å²) in [4.78, 5) is 10.8. The van der Waals surface area contributed by atoms with Gasteiger partial charge in [-0.15, -0.1) is 0 Å². The molecule has 0 spiro atoms. The monoisotopic (exact) mass is 293 g/mol. The number of nitrogens with zero attached hydrogens (tertiary/aromatic N) is 2. The van der Waals surface area contributed by atoms with Crippen LogP contribution in [0.15, 0.2) is 4.90 Å². The number of hydrogen-bond acceptors (Lipinski definition) is 4. The number of carbonyl (C=O) groups excluding carboxylic acids is 1. The summed E-state index contributed by atoms with van der Waals surface area (Å²) in [6, 6.07) is 0. The van der Waals surface area contributed by atoms with E-state index in [0.29, 0.717) is 24.2 Å². The van der Waals surface area contributed by atoms with E-state index in [-0.39, 0.29) is 17.9 Å². The van der Waals surface area contributed by atoms with Crippen LogP contribution < -0.4 is 5.73 Å². The molecule has 1 aromatic rings. The SMILES string of the molecule is CCc1nn(CCC(N)=O)c(CC)c1S(=O)(=O)Cl. The molecule has 1 aromatic heterocycles. The van der Waals surface area contributed by atoms with Crippen molar-refractivity contribution < 1.29 is 13.2 Å². The van der Waals surface area contributed by atoms with Crippen molar-refractivity contribution in [3.63, 3.8) is 0 Å². The smallest absolute Gasteiger partial charge is 0.264 e. The summed E-state index contributed by atoms with van der Waals surface area (Å²) in [7, 11) is 1.60. The lowest BCUT2D eigenvalue weighted by Crippen LogP contribution is -2.16. The molecule has 0 saturated heterocycles. The van der Waals surface area contributed by atoms with Crippen molar-refractivity contribution in [3.8, 4) is 0 Å². The molecule has 6 nitrogen and oxygen atoms in total. The lowest BCUT2D eigenvalue weighted by molar-refractivity contribution is -0.118. The number of nitrogens with two attached hydrogens (primary N) is 1. The van der Waals surface area contributed by atoms with Crippen LogP contribution in [-0.4, -0.2) is 24.1 Å². The lowest BCUT2D eigenvalue weighted by Gasteiger charge is -2.04. The first-order valence-corrected chi connectivity index (χ1v) is 7.93. The summed E-state index contributed by atoms with van der Waals surface area (Å²) in [5.74, 6) is -0.458. The molecule has 0 atom stereocenters. The summed E-state index contributed by atoms with van der Waals surface area (Å²) >= 11 is 0. The Bertz CT molecular complexity index is 551. The third-order valence-electron chi connectivity index (χ3n) is 2.56. The van der Waals surface area contributed by atoms with Crippen molar-refractivity contribution in [1.29, 1.82) is 0 Å². The van der Waals surface area contributed by atoms with Crippen molar-refractivity contribution in [1.82, 2.24) is 9.78 Å². The quantitative estimate of drug-likeness (QED) is 0.785. The molecule has 0 aliphatic heterocycles. The second-order valence-corrected chi connectivity index (χ2v) is 6.31. The number of halogens is 1. The van der Waals surface area contributed by atoms with Gasteiger partial charge in [0.05, 0.1) is 17.9 Å². The Kier molecular flexibility index (Phi) is 4.75. The van der Waals surface area contributed by atoms with Crippen molar-refractivity contribution >= 4 is 25.6 Å². The van der Waals surface area contributed by atoms with Gasteiger partial charge >= 0.3 is 0 Å². The Morgan fingerprint density at radius 3 is 2.39 bits per heavy atom. The molecule has 0 aliphatic rings. The Balaban J connectivity index is 3.29. The van der Waals surface area contributed by atoms with E-state index in [1.807, 2.05) is 6.92 Å². The van der Waals surface area contributed by atoms with Crippen molar-refractivity contribution in [2.45, 2.75) is 44.6 Å². The summed E-state index contributed by atoms with van der Waals surface area (Å²) in [5.41, 5.74) is 6.01. The molecule has 1 amide bonds.